The number of imide groups is 1. The molecule has 0 atom stereocenters. The van der Waals surface area contributed by atoms with Crippen LogP contribution in [0.1, 0.15) is 43.2 Å². The van der Waals surface area contributed by atoms with E-state index in [0.29, 0.717) is 6.54 Å². The van der Waals surface area contributed by atoms with E-state index in [4.69, 9.17) is 0 Å². The van der Waals surface area contributed by atoms with Crippen molar-refractivity contribution < 1.29 is 18.0 Å². The lowest BCUT2D eigenvalue weighted by Crippen LogP contribution is -2.23. The minimum absolute atomic E-state index is 0.0646. The van der Waals surface area contributed by atoms with Crippen LogP contribution in [-0.4, -0.2) is 30.0 Å². The third-order valence-corrected chi connectivity index (χ3v) is 6.31. The van der Waals surface area contributed by atoms with Gasteiger partial charge in [-0.05, 0) is 49.2 Å². The van der Waals surface area contributed by atoms with Crippen LogP contribution in [0.3, 0.4) is 0 Å². The van der Waals surface area contributed by atoms with Gasteiger partial charge < -0.3 is 0 Å². The SMILES string of the molecule is Cc1cc(C)n(Cc2cccc(CNS(=O)(=O)c3ccc4c(c3)C(=O)NC4=O)c2)n1. The predicted octanol–water partition coefficient (Wildman–Crippen LogP) is 1.91. The fraction of sp³-hybridized carbons (Fsp3) is 0.190. The van der Waals surface area contributed by atoms with E-state index < -0.39 is 21.8 Å². The van der Waals surface area contributed by atoms with Crippen LogP contribution in [0.25, 0.3) is 0 Å². The van der Waals surface area contributed by atoms with Crippen molar-refractivity contribution in [2.75, 3.05) is 0 Å². The van der Waals surface area contributed by atoms with Crippen molar-refractivity contribution in [2.24, 2.45) is 0 Å². The second kappa shape index (κ2) is 7.51. The van der Waals surface area contributed by atoms with Crippen molar-refractivity contribution in [1.82, 2.24) is 19.8 Å². The summed E-state index contributed by atoms with van der Waals surface area (Å²) in [5.41, 5.74) is 4.04. The Hall–Kier alpha value is -3.30. The van der Waals surface area contributed by atoms with Gasteiger partial charge in [0.2, 0.25) is 10.0 Å². The molecule has 2 amide bonds. The molecule has 8 nitrogen and oxygen atoms in total. The monoisotopic (exact) mass is 424 g/mol. The number of hydrogen-bond acceptors (Lipinski definition) is 5. The summed E-state index contributed by atoms with van der Waals surface area (Å²) in [6, 6.07) is 13.5. The Labute approximate surface area is 174 Å². The number of hydrogen-bond donors (Lipinski definition) is 2. The summed E-state index contributed by atoms with van der Waals surface area (Å²) < 4.78 is 29.8. The Morgan fingerprint density at radius 3 is 2.43 bits per heavy atom. The smallest absolute Gasteiger partial charge is 0.258 e. The summed E-state index contributed by atoms with van der Waals surface area (Å²) in [6.45, 7) is 4.61. The maximum Gasteiger partial charge on any atom is 0.258 e. The average molecular weight is 424 g/mol. The molecule has 0 unspecified atom stereocenters. The van der Waals surface area contributed by atoms with E-state index in [0.717, 1.165) is 22.5 Å². The van der Waals surface area contributed by atoms with Crippen molar-refractivity contribution in [3.63, 3.8) is 0 Å². The van der Waals surface area contributed by atoms with Crippen molar-refractivity contribution in [2.45, 2.75) is 31.8 Å². The van der Waals surface area contributed by atoms with Crippen LogP contribution in [0.5, 0.6) is 0 Å². The highest BCUT2D eigenvalue weighted by atomic mass is 32.2. The molecular weight excluding hydrogens is 404 g/mol. The van der Waals surface area contributed by atoms with E-state index >= 15 is 0 Å². The number of carbonyl (C=O) groups is 2. The molecule has 9 heteroatoms. The van der Waals surface area contributed by atoms with Crippen molar-refractivity contribution in [3.8, 4) is 0 Å². The fourth-order valence-corrected chi connectivity index (χ4v) is 4.47. The molecule has 2 aromatic carbocycles. The number of nitrogens with zero attached hydrogens (tertiary/aromatic N) is 2. The van der Waals surface area contributed by atoms with Crippen LogP contribution in [0.4, 0.5) is 0 Å². The average Bonchev–Trinajstić information content (AvgIpc) is 3.17. The molecule has 0 saturated carbocycles. The van der Waals surface area contributed by atoms with Crippen LogP contribution in [0, 0.1) is 13.8 Å². The first-order valence-corrected chi connectivity index (χ1v) is 10.8. The topological polar surface area (TPSA) is 110 Å². The zero-order valence-electron chi connectivity index (χ0n) is 16.5. The summed E-state index contributed by atoms with van der Waals surface area (Å²) in [6.07, 6.45) is 0. The number of nitrogens with one attached hydrogen (secondary N) is 2. The molecule has 2 N–H and O–H groups in total. The highest BCUT2D eigenvalue weighted by molar-refractivity contribution is 7.89. The van der Waals surface area contributed by atoms with Gasteiger partial charge in [0.05, 0.1) is 28.3 Å². The van der Waals surface area contributed by atoms with Gasteiger partial charge in [0.25, 0.3) is 11.8 Å². The van der Waals surface area contributed by atoms with E-state index in [1.807, 2.05) is 48.9 Å². The second-order valence-electron chi connectivity index (χ2n) is 7.22. The first kappa shape index (κ1) is 20.0. The Kier molecular flexibility index (Phi) is 5.00. The number of amides is 2. The van der Waals surface area contributed by atoms with Gasteiger partial charge in [-0.1, -0.05) is 24.3 Å². The Balaban J connectivity index is 1.49. The van der Waals surface area contributed by atoms with Gasteiger partial charge in [0.15, 0.2) is 0 Å². The number of carbonyl (C=O) groups excluding carboxylic acids is 2. The Morgan fingerprint density at radius 1 is 0.967 bits per heavy atom. The quantitative estimate of drug-likeness (QED) is 0.588. The lowest BCUT2D eigenvalue weighted by atomic mass is 10.1. The van der Waals surface area contributed by atoms with E-state index in [2.05, 4.69) is 15.1 Å². The predicted molar refractivity (Wildman–Crippen MR) is 110 cm³/mol. The molecule has 0 fully saturated rings. The van der Waals surface area contributed by atoms with Gasteiger partial charge >= 0.3 is 0 Å². The molecule has 1 aliphatic rings. The molecule has 3 aromatic rings. The van der Waals surface area contributed by atoms with Crippen molar-refractivity contribution in [3.05, 3.63) is 82.2 Å². The van der Waals surface area contributed by atoms with Gasteiger partial charge in [-0.2, -0.15) is 5.10 Å². The molecule has 0 bridgehead atoms. The first-order valence-electron chi connectivity index (χ1n) is 9.31. The zero-order chi connectivity index (χ0) is 21.5. The van der Waals surface area contributed by atoms with Gasteiger partial charge in [0.1, 0.15) is 0 Å². The minimum atomic E-state index is -3.85. The summed E-state index contributed by atoms with van der Waals surface area (Å²) in [7, 11) is -3.85. The number of benzene rings is 2. The Bertz CT molecular complexity index is 1280. The Morgan fingerprint density at radius 2 is 1.70 bits per heavy atom. The molecule has 0 aliphatic carbocycles. The van der Waals surface area contributed by atoms with E-state index in [9.17, 15) is 18.0 Å². The maximum atomic E-state index is 12.7. The fourth-order valence-electron chi connectivity index (χ4n) is 3.42. The number of fused-ring (bicyclic) bond motifs is 1. The lowest BCUT2D eigenvalue weighted by molar-refractivity contribution is 0.0879. The molecule has 1 aliphatic heterocycles. The van der Waals surface area contributed by atoms with Crippen LogP contribution >= 0.6 is 0 Å². The summed E-state index contributed by atoms with van der Waals surface area (Å²) in [4.78, 5) is 23.4. The number of sulfonamides is 1. The normalized spacial score (nSPS) is 13.4. The highest BCUT2D eigenvalue weighted by Gasteiger charge is 2.28. The van der Waals surface area contributed by atoms with Gasteiger partial charge in [0, 0.05) is 12.2 Å². The van der Waals surface area contributed by atoms with Crippen LogP contribution in [0.15, 0.2) is 53.4 Å². The minimum Gasteiger partial charge on any atom is -0.288 e. The lowest BCUT2D eigenvalue weighted by Gasteiger charge is -2.10. The van der Waals surface area contributed by atoms with Crippen LogP contribution in [-0.2, 0) is 23.1 Å². The first-order chi connectivity index (χ1) is 14.2. The van der Waals surface area contributed by atoms with Crippen molar-refractivity contribution in [1.29, 1.82) is 0 Å². The summed E-state index contributed by atoms with van der Waals surface area (Å²) in [5.74, 6) is -1.12. The number of rotatable bonds is 6. The van der Waals surface area contributed by atoms with Gasteiger partial charge in [-0.3, -0.25) is 19.6 Å². The summed E-state index contributed by atoms with van der Waals surface area (Å²) >= 11 is 0. The maximum absolute atomic E-state index is 12.7. The largest absolute Gasteiger partial charge is 0.288 e. The van der Waals surface area contributed by atoms with Crippen LogP contribution in [0.2, 0.25) is 0 Å². The van der Waals surface area contributed by atoms with Crippen molar-refractivity contribution >= 4 is 21.8 Å². The standard InChI is InChI=1S/C21H20N4O4S/c1-13-8-14(2)25(24-13)12-16-5-3-4-15(9-16)11-22-30(28,29)17-6-7-18-19(10-17)21(27)23-20(18)26/h3-10,22H,11-12H2,1-2H3,(H,23,26,27). The summed E-state index contributed by atoms with van der Waals surface area (Å²) in [5, 5.41) is 6.60. The second-order valence-corrected chi connectivity index (χ2v) is 8.99. The van der Waals surface area contributed by atoms with Gasteiger partial charge in [-0.25, -0.2) is 13.1 Å². The molecule has 30 heavy (non-hydrogen) atoms. The highest BCUT2D eigenvalue weighted by Crippen LogP contribution is 2.20. The number of aromatic nitrogens is 2. The zero-order valence-corrected chi connectivity index (χ0v) is 17.3. The van der Waals surface area contributed by atoms with E-state index in [1.54, 1.807) is 0 Å². The molecule has 1 aromatic heterocycles. The number of aryl methyl sites for hydroxylation is 2. The molecule has 2 heterocycles. The molecule has 4 rings (SSSR count). The van der Waals surface area contributed by atoms with E-state index in [1.165, 1.54) is 18.2 Å². The third-order valence-electron chi connectivity index (χ3n) is 4.91. The molecule has 0 spiro atoms. The van der Waals surface area contributed by atoms with Crippen LogP contribution < -0.4 is 10.0 Å². The molecule has 0 saturated heterocycles. The van der Waals surface area contributed by atoms with Gasteiger partial charge in [-0.15, -0.1) is 0 Å². The molecule has 0 radical (unpaired) electrons. The third kappa shape index (κ3) is 3.89. The molecule has 154 valence electrons. The molecular formula is C21H20N4O4S. The van der Waals surface area contributed by atoms with E-state index in [-0.39, 0.29) is 22.6 Å².